The van der Waals surface area contributed by atoms with Gasteiger partial charge in [0, 0.05) is 43.1 Å². The first-order valence-corrected chi connectivity index (χ1v) is 10.2. The molecule has 162 valence electrons. The second kappa shape index (κ2) is 9.09. The Morgan fingerprint density at radius 3 is 2.48 bits per heavy atom. The Balaban J connectivity index is 1.32. The van der Waals surface area contributed by atoms with Gasteiger partial charge in [-0.05, 0) is 24.3 Å². The highest BCUT2D eigenvalue weighted by molar-refractivity contribution is 5.98. The lowest BCUT2D eigenvalue weighted by Crippen LogP contribution is -2.50. The van der Waals surface area contributed by atoms with E-state index in [1.165, 1.54) is 0 Å². The highest BCUT2D eigenvalue weighted by atomic mass is 16.5. The maximum Gasteiger partial charge on any atom is 0.270 e. The predicted molar refractivity (Wildman–Crippen MR) is 119 cm³/mol. The number of hydrogen-bond acceptors (Lipinski definition) is 5. The molecule has 1 aliphatic heterocycles. The van der Waals surface area contributed by atoms with E-state index in [9.17, 15) is 9.59 Å². The Labute approximate surface area is 180 Å². The minimum Gasteiger partial charge on any atom is -0.497 e. The quantitative estimate of drug-likeness (QED) is 0.638. The number of nitrogens with zero attached hydrogens (tertiary/aromatic N) is 2. The first-order chi connectivity index (χ1) is 15.1. The van der Waals surface area contributed by atoms with Crippen molar-refractivity contribution in [2.45, 2.75) is 0 Å². The van der Waals surface area contributed by atoms with Gasteiger partial charge in [-0.25, -0.2) is 0 Å². The van der Waals surface area contributed by atoms with E-state index in [1.807, 2.05) is 40.1 Å². The van der Waals surface area contributed by atoms with Gasteiger partial charge in [-0.15, -0.1) is 0 Å². The van der Waals surface area contributed by atoms with Crippen molar-refractivity contribution < 1.29 is 19.1 Å². The van der Waals surface area contributed by atoms with E-state index >= 15 is 0 Å². The molecule has 1 aromatic heterocycles. The zero-order chi connectivity index (χ0) is 21.8. The fourth-order valence-electron chi connectivity index (χ4n) is 3.77. The third-order valence-corrected chi connectivity index (χ3v) is 5.47. The number of methoxy groups -OCH3 is 2. The lowest BCUT2D eigenvalue weighted by molar-refractivity contribution is -0.117. The number of carbonyl (C=O) groups is 2. The van der Waals surface area contributed by atoms with Gasteiger partial charge in [-0.2, -0.15) is 0 Å². The molecule has 0 radical (unpaired) electrons. The second-order valence-corrected chi connectivity index (χ2v) is 7.45. The van der Waals surface area contributed by atoms with Crippen LogP contribution in [0.15, 0.2) is 48.5 Å². The van der Waals surface area contributed by atoms with Crippen LogP contribution in [0.2, 0.25) is 0 Å². The highest BCUT2D eigenvalue weighted by Crippen LogP contribution is 2.28. The summed E-state index contributed by atoms with van der Waals surface area (Å²) in [5.41, 5.74) is 2.12. The van der Waals surface area contributed by atoms with Crippen molar-refractivity contribution in [3.63, 3.8) is 0 Å². The van der Waals surface area contributed by atoms with Gasteiger partial charge in [0.2, 0.25) is 5.91 Å². The third kappa shape index (κ3) is 4.64. The molecule has 1 aliphatic rings. The Hall–Kier alpha value is -3.52. The molecule has 8 nitrogen and oxygen atoms in total. The summed E-state index contributed by atoms with van der Waals surface area (Å²) < 4.78 is 10.5. The summed E-state index contributed by atoms with van der Waals surface area (Å²) in [5, 5.41) is 3.91. The summed E-state index contributed by atoms with van der Waals surface area (Å²) in [6, 6.07) is 15.0. The number of anilines is 1. The molecule has 0 bridgehead atoms. The van der Waals surface area contributed by atoms with Gasteiger partial charge in [0.25, 0.3) is 5.91 Å². The Morgan fingerprint density at radius 1 is 1.00 bits per heavy atom. The summed E-state index contributed by atoms with van der Waals surface area (Å²) in [5.74, 6) is 1.06. The Bertz CT molecular complexity index is 1050. The van der Waals surface area contributed by atoms with Gasteiger partial charge in [0.15, 0.2) is 0 Å². The molecule has 2 amide bonds. The fraction of sp³-hybridized carbons (Fsp3) is 0.304. The molecule has 0 aliphatic carbocycles. The van der Waals surface area contributed by atoms with E-state index in [1.54, 1.807) is 32.4 Å². The largest absolute Gasteiger partial charge is 0.497 e. The molecule has 1 fully saturated rings. The minimum atomic E-state index is -0.137. The van der Waals surface area contributed by atoms with E-state index in [-0.39, 0.29) is 18.4 Å². The van der Waals surface area contributed by atoms with Crippen molar-refractivity contribution in [1.82, 2.24) is 14.8 Å². The molecule has 3 aromatic rings. The molecule has 1 saturated heterocycles. The summed E-state index contributed by atoms with van der Waals surface area (Å²) in [6.45, 7) is 2.66. The molecule has 4 rings (SSSR count). The Morgan fingerprint density at radius 2 is 1.77 bits per heavy atom. The number of para-hydroxylation sites is 1. The van der Waals surface area contributed by atoms with Crippen molar-refractivity contribution >= 4 is 28.4 Å². The normalized spacial score (nSPS) is 14.5. The number of aromatic amines is 1. The van der Waals surface area contributed by atoms with Gasteiger partial charge >= 0.3 is 0 Å². The number of amides is 2. The molecule has 2 N–H and O–H groups in total. The average molecular weight is 422 g/mol. The van der Waals surface area contributed by atoms with Crippen LogP contribution < -0.4 is 14.8 Å². The van der Waals surface area contributed by atoms with Crippen LogP contribution in [0, 0.1) is 0 Å². The molecule has 0 unspecified atom stereocenters. The molecular weight excluding hydrogens is 396 g/mol. The molecule has 0 saturated carbocycles. The average Bonchev–Trinajstić information content (AvgIpc) is 3.23. The summed E-state index contributed by atoms with van der Waals surface area (Å²) >= 11 is 0. The maximum absolute atomic E-state index is 12.8. The maximum atomic E-state index is 12.8. The number of rotatable bonds is 6. The van der Waals surface area contributed by atoms with Crippen LogP contribution in [-0.2, 0) is 4.79 Å². The number of aromatic nitrogens is 1. The number of benzene rings is 2. The molecule has 31 heavy (non-hydrogen) atoms. The summed E-state index contributed by atoms with van der Waals surface area (Å²) in [4.78, 5) is 32.4. The number of piperazine rings is 1. The minimum absolute atomic E-state index is 0.0126. The lowest BCUT2D eigenvalue weighted by atomic mass is 10.2. The number of carbonyl (C=O) groups excluding carboxylic acids is 2. The van der Waals surface area contributed by atoms with Gasteiger partial charge in [0.1, 0.15) is 17.2 Å². The molecule has 8 heteroatoms. The van der Waals surface area contributed by atoms with Crippen molar-refractivity contribution in [3.8, 4) is 11.5 Å². The van der Waals surface area contributed by atoms with Crippen LogP contribution in [0.4, 0.5) is 5.69 Å². The van der Waals surface area contributed by atoms with Gasteiger partial charge in [-0.1, -0.05) is 18.2 Å². The van der Waals surface area contributed by atoms with Crippen molar-refractivity contribution in [2.24, 2.45) is 0 Å². The molecule has 2 heterocycles. The van der Waals surface area contributed by atoms with Crippen LogP contribution in [0.25, 0.3) is 10.9 Å². The third-order valence-electron chi connectivity index (χ3n) is 5.47. The Kier molecular flexibility index (Phi) is 6.08. The molecular formula is C23H26N4O4. The summed E-state index contributed by atoms with van der Waals surface area (Å²) in [6.07, 6.45) is 0. The molecule has 0 spiro atoms. The molecule has 0 atom stereocenters. The summed E-state index contributed by atoms with van der Waals surface area (Å²) in [7, 11) is 3.13. The zero-order valence-corrected chi connectivity index (χ0v) is 17.7. The number of fused-ring (bicyclic) bond motifs is 1. The number of ether oxygens (including phenoxy) is 2. The number of hydrogen-bond donors (Lipinski definition) is 2. The van der Waals surface area contributed by atoms with Crippen LogP contribution in [-0.4, -0.2) is 73.5 Å². The number of nitrogens with one attached hydrogen (secondary N) is 2. The predicted octanol–water partition coefficient (Wildman–Crippen LogP) is 2.58. The smallest absolute Gasteiger partial charge is 0.270 e. The SMILES string of the molecule is COc1ccc(OC)c(NC(=O)CN2CCN(C(=O)c3cc4ccccc4[nH]3)CC2)c1. The highest BCUT2D eigenvalue weighted by Gasteiger charge is 2.24. The van der Waals surface area contributed by atoms with E-state index in [4.69, 9.17) is 9.47 Å². The zero-order valence-electron chi connectivity index (χ0n) is 17.7. The van der Waals surface area contributed by atoms with E-state index < -0.39 is 0 Å². The fourth-order valence-corrected chi connectivity index (χ4v) is 3.77. The van der Waals surface area contributed by atoms with Crippen molar-refractivity contribution in [1.29, 1.82) is 0 Å². The monoisotopic (exact) mass is 422 g/mol. The first-order valence-electron chi connectivity index (χ1n) is 10.2. The van der Waals surface area contributed by atoms with Gasteiger partial charge < -0.3 is 24.7 Å². The van der Waals surface area contributed by atoms with Crippen molar-refractivity contribution in [2.75, 3.05) is 52.3 Å². The van der Waals surface area contributed by atoms with E-state index in [2.05, 4.69) is 10.3 Å². The van der Waals surface area contributed by atoms with Crippen LogP contribution in [0.5, 0.6) is 11.5 Å². The standard InChI is InChI=1S/C23H26N4O4/c1-30-17-7-8-21(31-2)19(14-17)25-22(28)15-26-9-11-27(12-10-26)23(29)20-13-16-5-3-4-6-18(16)24-20/h3-8,13-14,24H,9-12,15H2,1-2H3,(H,25,28). The van der Waals surface area contributed by atoms with Crippen molar-refractivity contribution in [3.05, 3.63) is 54.2 Å². The first kappa shape index (κ1) is 20.7. The molecule has 2 aromatic carbocycles. The van der Waals surface area contributed by atoms with Crippen LogP contribution in [0.1, 0.15) is 10.5 Å². The van der Waals surface area contributed by atoms with Gasteiger partial charge in [-0.3, -0.25) is 14.5 Å². The van der Waals surface area contributed by atoms with Gasteiger partial charge in [0.05, 0.1) is 26.5 Å². The second-order valence-electron chi connectivity index (χ2n) is 7.45. The van der Waals surface area contributed by atoms with E-state index in [0.29, 0.717) is 49.1 Å². The van der Waals surface area contributed by atoms with Crippen LogP contribution in [0.3, 0.4) is 0 Å². The topological polar surface area (TPSA) is 86.9 Å². The number of H-pyrrole nitrogens is 1. The lowest BCUT2D eigenvalue weighted by Gasteiger charge is -2.34. The van der Waals surface area contributed by atoms with Crippen LogP contribution >= 0.6 is 0 Å². The van der Waals surface area contributed by atoms with E-state index in [0.717, 1.165) is 10.9 Å².